The molecule has 1 amide bonds. The van der Waals surface area contributed by atoms with E-state index < -0.39 is 0 Å². The molecule has 0 atom stereocenters. The van der Waals surface area contributed by atoms with Crippen LogP contribution in [-0.4, -0.2) is 22.4 Å². The lowest BCUT2D eigenvalue weighted by atomic mass is 10.1. The van der Waals surface area contributed by atoms with Crippen LogP contribution in [0, 0.1) is 0 Å². The van der Waals surface area contributed by atoms with Gasteiger partial charge in [0.15, 0.2) is 0 Å². The number of hydrogen-bond donors (Lipinski definition) is 1. The number of carbonyl (C=O) groups excluding carboxylic acids is 1. The zero-order chi connectivity index (χ0) is 19.2. The van der Waals surface area contributed by atoms with Gasteiger partial charge in [0.25, 0.3) is 5.91 Å². The Labute approximate surface area is 168 Å². The predicted octanol–water partition coefficient (Wildman–Crippen LogP) is 4.75. The zero-order valence-corrected chi connectivity index (χ0v) is 16.0. The summed E-state index contributed by atoms with van der Waals surface area (Å²) in [7, 11) is 0. The number of nitrogens with one attached hydrogen (secondary N) is 1. The highest BCUT2D eigenvalue weighted by Crippen LogP contribution is 2.28. The fraction of sp³-hybridized carbons (Fsp3) is 0.0870. The molecule has 0 fully saturated rings. The lowest BCUT2D eigenvalue weighted by molar-refractivity contribution is 0.0950. The van der Waals surface area contributed by atoms with E-state index in [1.807, 2.05) is 60.7 Å². The number of hydrogen-bond acceptors (Lipinski definition) is 4. The van der Waals surface area contributed by atoms with Crippen LogP contribution in [0.2, 0.25) is 0 Å². The van der Waals surface area contributed by atoms with Gasteiger partial charge in [0.1, 0.15) is 5.03 Å². The van der Waals surface area contributed by atoms with Crippen molar-refractivity contribution < 1.29 is 4.79 Å². The van der Waals surface area contributed by atoms with Crippen LogP contribution in [0.25, 0.3) is 10.9 Å². The van der Waals surface area contributed by atoms with Crippen LogP contribution >= 0.6 is 11.8 Å². The minimum atomic E-state index is -0.111. The maximum atomic E-state index is 12.7. The van der Waals surface area contributed by atoms with Crippen LogP contribution in [0.4, 0.5) is 0 Å². The summed E-state index contributed by atoms with van der Waals surface area (Å²) < 4.78 is 0. The minimum absolute atomic E-state index is 0.111. The second-order valence-corrected chi connectivity index (χ2v) is 7.33. The average Bonchev–Trinajstić information content (AvgIpc) is 2.75. The maximum absolute atomic E-state index is 12.7. The summed E-state index contributed by atoms with van der Waals surface area (Å²) in [5, 5.41) is 4.84. The van der Waals surface area contributed by atoms with Gasteiger partial charge < -0.3 is 5.32 Å². The van der Waals surface area contributed by atoms with Crippen molar-refractivity contribution in [1.29, 1.82) is 0 Å². The highest BCUT2D eigenvalue weighted by Gasteiger charge is 2.13. The summed E-state index contributed by atoms with van der Waals surface area (Å²) >= 11 is 1.49. The van der Waals surface area contributed by atoms with Gasteiger partial charge in [-0.1, -0.05) is 54.2 Å². The monoisotopic (exact) mass is 385 g/mol. The molecule has 28 heavy (non-hydrogen) atoms. The molecule has 0 unspecified atom stereocenters. The first kappa shape index (κ1) is 18.2. The van der Waals surface area contributed by atoms with Gasteiger partial charge in [-0.05, 0) is 42.3 Å². The Bertz CT molecular complexity index is 1090. The van der Waals surface area contributed by atoms with Crippen molar-refractivity contribution >= 4 is 28.6 Å². The van der Waals surface area contributed by atoms with Gasteiger partial charge in [-0.15, -0.1) is 0 Å². The second kappa shape index (κ2) is 8.67. The Hall–Kier alpha value is -3.18. The van der Waals surface area contributed by atoms with Crippen molar-refractivity contribution in [3.8, 4) is 0 Å². The first-order chi connectivity index (χ1) is 13.8. The predicted molar refractivity (Wildman–Crippen MR) is 113 cm³/mol. The molecule has 4 rings (SSSR count). The average molecular weight is 385 g/mol. The van der Waals surface area contributed by atoms with Gasteiger partial charge in [-0.3, -0.25) is 9.78 Å². The fourth-order valence-corrected chi connectivity index (χ4v) is 3.92. The first-order valence-electron chi connectivity index (χ1n) is 9.10. The summed E-state index contributed by atoms with van der Waals surface area (Å²) in [6, 6.07) is 23.7. The van der Waals surface area contributed by atoms with E-state index in [-0.39, 0.29) is 5.91 Å². The molecule has 0 bridgehead atoms. The number of aromatic nitrogens is 2. The SMILES string of the molecule is O=C(NCCc1cccc2cccnc12)c1cccnc1Sc1ccccc1. The van der Waals surface area contributed by atoms with Gasteiger partial charge in [0.2, 0.25) is 0 Å². The Kier molecular flexibility index (Phi) is 5.64. The van der Waals surface area contributed by atoms with E-state index in [0.717, 1.165) is 27.8 Å². The summed E-state index contributed by atoms with van der Waals surface area (Å²) in [5.74, 6) is -0.111. The van der Waals surface area contributed by atoms with Crippen molar-refractivity contribution in [2.75, 3.05) is 6.54 Å². The molecule has 4 aromatic rings. The lowest BCUT2D eigenvalue weighted by Gasteiger charge is -2.10. The smallest absolute Gasteiger partial charge is 0.254 e. The van der Waals surface area contributed by atoms with Crippen LogP contribution < -0.4 is 5.32 Å². The third-order valence-corrected chi connectivity index (χ3v) is 5.40. The number of amides is 1. The van der Waals surface area contributed by atoms with Gasteiger partial charge in [0.05, 0.1) is 11.1 Å². The van der Waals surface area contributed by atoms with Crippen LogP contribution in [0.5, 0.6) is 0 Å². The topological polar surface area (TPSA) is 54.9 Å². The number of carbonyl (C=O) groups is 1. The van der Waals surface area contributed by atoms with Crippen molar-refractivity contribution in [2.24, 2.45) is 0 Å². The molecule has 5 heteroatoms. The highest BCUT2D eigenvalue weighted by molar-refractivity contribution is 7.99. The maximum Gasteiger partial charge on any atom is 0.254 e. The van der Waals surface area contributed by atoms with Crippen molar-refractivity contribution in [1.82, 2.24) is 15.3 Å². The number of rotatable bonds is 6. The van der Waals surface area contributed by atoms with E-state index in [9.17, 15) is 4.79 Å². The molecular weight excluding hydrogens is 366 g/mol. The molecule has 2 aromatic carbocycles. The Morgan fingerprint density at radius 1 is 0.857 bits per heavy atom. The van der Waals surface area contributed by atoms with Crippen LogP contribution in [0.15, 0.2) is 95.1 Å². The molecule has 0 aliphatic carbocycles. The van der Waals surface area contributed by atoms with Gasteiger partial charge in [-0.25, -0.2) is 4.98 Å². The van der Waals surface area contributed by atoms with Gasteiger partial charge >= 0.3 is 0 Å². The van der Waals surface area contributed by atoms with E-state index >= 15 is 0 Å². The zero-order valence-electron chi connectivity index (χ0n) is 15.2. The Balaban J connectivity index is 1.44. The Morgan fingerprint density at radius 2 is 1.64 bits per heavy atom. The minimum Gasteiger partial charge on any atom is -0.352 e. The highest BCUT2D eigenvalue weighted by atomic mass is 32.2. The number of fused-ring (bicyclic) bond motifs is 1. The largest absolute Gasteiger partial charge is 0.352 e. The summed E-state index contributed by atoms with van der Waals surface area (Å²) in [5.41, 5.74) is 2.71. The van der Waals surface area contributed by atoms with E-state index in [1.54, 1.807) is 18.5 Å². The molecule has 2 heterocycles. The summed E-state index contributed by atoms with van der Waals surface area (Å²) in [6.45, 7) is 0.541. The number of nitrogens with zero attached hydrogens (tertiary/aromatic N) is 2. The van der Waals surface area contributed by atoms with Gasteiger partial charge in [-0.2, -0.15) is 0 Å². The third kappa shape index (κ3) is 4.21. The van der Waals surface area contributed by atoms with E-state index in [0.29, 0.717) is 17.1 Å². The summed E-state index contributed by atoms with van der Waals surface area (Å²) in [4.78, 5) is 22.6. The van der Waals surface area contributed by atoms with Gasteiger partial charge in [0, 0.05) is 29.2 Å². The molecule has 0 spiro atoms. The normalized spacial score (nSPS) is 10.7. The molecule has 0 radical (unpaired) electrons. The van der Waals surface area contributed by atoms with Crippen molar-refractivity contribution in [3.63, 3.8) is 0 Å². The number of pyridine rings is 2. The third-order valence-electron chi connectivity index (χ3n) is 4.37. The first-order valence-corrected chi connectivity index (χ1v) is 9.91. The van der Waals surface area contributed by atoms with Crippen LogP contribution in [0.3, 0.4) is 0 Å². The molecule has 0 saturated carbocycles. The lowest BCUT2D eigenvalue weighted by Crippen LogP contribution is -2.26. The molecule has 0 aliphatic heterocycles. The molecule has 2 aromatic heterocycles. The van der Waals surface area contributed by atoms with Crippen molar-refractivity contribution in [3.05, 3.63) is 96.3 Å². The molecule has 4 nitrogen and oxygen atoms in total. The fourth-order valence-electron chi connectivity index (χ4n) is 3.02. The molecule has 1 N–H and O–H groups in total. The molecule has 0 aliphatic rings. The quantitative estimate of drug-likeness (QED) is 0.520. The van der Waals surface area contributed by atoms with E-state index in [4.69, 9.17) is 0 Å². The molecule has 138 valence electrons. The standard InChI is InChI=1S/C23H19N3OS/c27-22(20-12-6-15-26-23(20)28-19-10-2-1-3-11-19)25-16-13-18-8-4-7-17-9-5-14-24-21(17)18/h1-12,14-15H,13,16H2,(H,25,27). The van der Waals surface area contributed by atoms with Crippen LogP contribution in [-0.2, 0) is 6.42 Å². The number of benzene rings is 2. The van der Waals surface area contributed by atoms with E-state index in [1.165, 1.54) is 11.8 Å². The summed E-state index contributed by atoms with van der Waals surface area (Å²) in [6.07, 6.45) is 4.23. The second-order valence-electron chi connectivity index (χ2n) is 6.27. The molecular formula is C23H19N3OS. The van der Waals surface area contributed by atoms with E-state index in [2.05, 4.69) is 21.4 Å². The number of para-hydroxylation sites is 1. The van der Waals surface area contributed by atoms with Crippen molar-refractivity contribution in [2.45, 2.75) is 16.3 Å². The molecule has 0 saturated heterocycles. The Morgan fingerprint density at radius 3 is 2.54 bits per heavy atom. The van der Waals surface area contributed by atoms with Crippen LogP contribution in [0.1, 0.15) is 15.9 Å².